The number of carbonyl (C=O) groups is 1. The number of piperidine rings is 1. The van der Waals surface area contributed by atoms with E-state index in [1.807, 2.05) is 17.9 Å². The van der Waals surface area contributed by atoms with Crippen LogP contribution in [0.25, 0.3) is 5.65 Å². The van der Waals surface area contributed by atoms with Crippen LogP contribution in [0.1, 0.15) is 69.7 Å². The van der Waals surface area contributed by atoms with E-state index in [0.29, 0.717) is 25.3 Å². The molecule has 0 bridgehead atoms. The summed E-state index contributed by atoms with van der Waals surface area (Å²) in [6, 6.07) is 1.95. The van der Waals surface area contributed by atoms with E-state index in [2.05, 4.69) is 17.0 Å². The second kappa shape index (κ2) is 9.53. The van der Waals surface area contributed by atoms with E-state index in [0.717, 1.165) is 43.6 Å². The van der Waals surface area contributed by atoms with Gasteiger partial charge in [0.15, 0.2) is 11.5 Å². The highest BCUT2D eigenvalue weighted by Gasteiger charge is 2.39. The highest BCUT2D eigenvalue weighted by atomic mass is 19.4. The summed E-state index contributed by atoms with van der Waals surface area (Å²) in [5, 5.41) is 4.11. The minimum absolute atomic E-state index is 0.0839. The topological polar surface area (TPSA) is 50.5 Å². The number of amides is 1. The highest BCUT2D eigenvalue weighted by molar-refractivity contribution is 5.73. The van der Waals surface area contributed by atoms with Crippen LogP contribution in [0, 0.1) is 24.6 Å². The predicted molar refractivity (Wildman–Crippen MR) is 109 cm³/mol. The molecule has 1 saturated heterocycles. The molecule has 2 atom stereocenters. The molecule has 1 aliphatic heterocycles. The first-order chi connectivity index (χ1) is 14.6. The summed E-state index contributed by atoms with van der Waals surface area (Å²) in [5.74, 6) is -0.766. The quantitative estimate of drug-likeness (QED) is 0.565. The number of carbonyl (C=O) groups excluding carboxylic acids is 1. The number of halogens is 4. The monoisotopic (exact) mass is 442 g/mol. The minimum atomic E-state index is -3.93. The fourth-order valence-corrected chi connectivity index (χ4v) is 4.52. The van der Waals surface area contributed by atoms with E-state index in [1.54, 1.807) is 11.4 Å². The second-order valence-electron chi connectivity index (χ2n) is 8.76. The minimum Gasteiger partial charge on any atom is -0.342 e. The standard InChI is InChI=1S/C15H19FN4O.C7H11F3/c1-9-4-5-19(11(3)21)8-12(9)14-6-10(2)18-15-13(16)7-17-20(14)15;8-7(9,10)6-4-2-1-3-5-6/h6-7,9,12H,4-5,8H2,1-3H3;6H,1-5H2. The first-order valence-corrected chi connectivity index (χ1v) is 10.9. The van der Waals surface area contributed by atoms with Crippen LogP contribution in [-0.2, 0) is 4.79 Å². The molecular weight excluding hydrogens is 412 g/mol. The molecule has 3 heterocycles. The van der Waals surface area contributed by atoms with Crippen LogP contribution in [-0.4, -0.2) is 44.7 Å². The molecule has 1 saturated carbocycles. The molecule has 172 valence electrons. The van der Waals surface area contributed by atoms with E-state index >= 15 is 0 Å². The third kappa shape index (κ3) is 5.54. The van der Waals surface area contributed by atoms with E-state index in [1.165, 1.54) is 6.20 Å². The molecule has 9 heteroatoms. The first kappa shape index (κ1) is 23.5. The maximum Gasteiger partial charge on any atom is 0.391 e. The van der Waals surface area contributed by atoms with Crippen molar-refractivity contribution in [2.24, 2.45) is 11.8 Å². The SMILES string of the molecule is CC(=O)N1CCC(C)C(c2cc(C)nc3c(F)cnn23)C1.FC(F)(F)C1CCCCC1. The van der Waals surface area contributed by atoms with Gasteiger partial charge in [-0.2, -0.15) is 18.3 Å². The normalized spacial score (nSPS) is 22.9. The first-order valence-electron chi connectivity index (χ1n) is 10.9. The van der Waals surface area contributed by atoms with Crippen molar-refractivity contribution in [2.75, 3.05) is 13.1 Å². The number of hydrogen-bond donors (Lipinski definition) is 0. The average molecular weight is 443 g/mol. The Balaban J connectivity index is 0.000000229. The molecule has 2 fully saturated rings. The lowest BCUT2D eigenvalue weighted by molar-refractivity contribution is -0.181. The molecule has 2 aliphatic rings. The van der Waals surface area contributed by atoms with Crippen molar-refractivity contribution in [3.8, 4) is 0 Å². The van der Waals surface area contributed by atoms with Crippen molar-refractivity contribution < 1.29 is 22.4 Å². The predicted octanol–water partition coefficient (Wildman–Crippen LogP) is 5.28. The Bertz CT molecular complexity index is 905. The fourth-order valence-electron chi connectivity index (χ4n) is 4.52. The molecule has 1 amide bonds. The van der Waals surface area contributed by atoms with Crippen LogP contribution >= 0.6 is 0 Å². The maximum atomic E-state index is 13.8. The summed E-state index contributed by atoms with van der Waals surface area (Å²) in [6.45, 7) is 7.05. The Morgan fingerprint density at radius 1 is 1.16 bits per heavy atom. The Morgan fingerprint density at radius 2 is 1.84 bits per heavy atom. The largest absolute Gasteiger partial charge is 0.391 e. The molecule has 2 aromatic rings. The van der Waals surface area contributed by atoms with E-state index in [9.17, 15) is 22.4 Å². The van der Waals surface area contributed by atoms with Gasteiger partial charge in [-0.15, -0.1) is 0 Å². The summed E-state index contributed by atoms with van der Waals surface area (Å²) >= 11 is 0. The van der Waals surface area contributed by atoms with E-state index < -0.39 is 17.9 Å². The zero-order chi connectivity index (χ0) is 22.8. The van der Waals surface area contributed by atoms with Gasteiger partial charge in [-0.1, -0.05) is 26.2 Å². The van der Waals surface area contributed by atoms with Gasteiger partial charge in [0.05, 0.1) is 17.8 Å². The number of aryl methyl sites for hydroxylation is 1. The van der Waals surface area contributed by atoms with E-state index in [-0.39, 0.29) is 17.5 Å². The van der Waals surface area contributed by atoms with Crippen molar-refractivity contribution in [2.45, 2.75) is 71.4 Å². The van der Waals surface area contributed by atoms with Crippen LogP contribution in [0.5, 0.6) is 0 Å². The van der Waals surface area contributed by atoms with Crippen molar-refractivity contribution in [1.29, 1.82) is 0 Å². The van der Waals surface area contributed by atoms with Gasteiger partial charge in [0.1, 0.15) is 0 Å². The van der Waals surface area contributed by atoms with Crippen molar-refractivity contribution in [3.63, 3.8) is 0 Å². The summed E-state index contributed by atoms with van der Waals surface area (Å²) in [4.78, 5) is 17.7. The lowest BCUT2D eigenvalue weighted by Gasteiger charge is -2.36. The molecule has 4 rings (SSSR count). The summed E-state index contributed by atoms with van der Waals surface area (Å²) in [6.07, 6.45) is 1.40. The summed E-state index contributed by atoms with van der Waals surface area (Å²) in [7, 11) is 0. The lowest BCUT2D eigenvalue weighted by Crippen LogP contribution is -2.41. The third-order valence-electron chi connectivity index (χ3n) is 6.44. The van der Waals surface area contributed by atoms with Crippen LogP contribution < -0.4 is 0 Å². The molecule has 0 aromatic carbocycles. The Hall–Kier alpha value is -2.19. The Kier molecular flexibility index (Phi) is 7.21. The van der Waals surface area contributed by atoms with Gasteiger partial charge in [-0.05, 0) is 38.2 Å². The van der Waals surface area contributed by atoms with Crippen molar-refractivity contribution in [3.05, 3.63) is 29.5 Å². The number of nitrogens with zero attached hydrogens (tertiary/aromatic N) is 4. The number of fused-ring (bicyclic) bond motifs is 1. The second-order valence-corrected chi connectivity index (χ2v) is 8.76. The molecule has 0 N–H and O–H groups in total. The van der Waals surface area contributed by atoms with Crippen LogP contribution in [0.4, 0.5) is 17.6 Å². The molecular formula is C22H30F4N4O. The Morgan fingerprint density at radius 3 is 2.42 bits per heavy atom. The number of rotatable bonds is 1. The molecule has 0 radical (unpaired) electrons. The molecule has 1 aliphatic carbocycles. The number of hydrogen-bond acceptors (Lipinski definition) is 3. The fraction of sp³-hybridized carbons (Fsp3) is 0.682. The smallest absolute Gasteiger partial charge is 0.342 e. The number of likely N-dealkylation sites (tertiary alicyclic amines) is 1. The average Bonchev–Trinajstić information content (AvgIpc) is 3.09. The molecule has 2 aromatic heterocycles. The van der Waals surface area contributed by atoms with Crippen LogP contribution in [0.2, 0.25) is 0 Å². The molecule has 5 nitrogen and oxygen atoms in total. The van der Waals surface area contributed by atoms with Gasteiger partial charge in [0.25, 0.3) is 0 Å². The van der Waals surface area contributed by atoms with Crippen molar-refractivity contribution >= 4 is 11.6 Å². The maximum absolute atomic E-state index is 13.8. The summed E-state index contributed by atoms with van der Waals surface area (Å²) in [5.41, 5.74) is 1.96. The zero-order valence-electron chi connectivity index (χ0n) is 18.3. The number of alkyl halides is 3. The molecule has 31 heavy (non-hydrogen) atoms. The van der Waals surface area contributed by atoms with Gasteiger partial charge in [-0.25, -0.2) is 13.9 Å². The third-order valence-corrected chi connectivity index (χ3v) is 6.44. The van der Waals surface area contributed by atoms with Gasteiger partial charge in [-0.3, -0.25) is 4.79 Å². The zero-order valence-corrected chi connectivity index (χ0v) is 18.3. The molecule has 0 spiro atoms. The van der Waals surface area contributed by atoms with Crippen molar-refractivity contribution in [1.82, 2.24) is 19.5 Å². The van der Waals surface area contributed by atoms with Gasteiger partial charge in [0, 0.05) is 31.6 Å². The van der Waals surface area contributed by atoms with Gasteiger partial charge < -0.3 is 4.90 Å². The Labute approximate surface area is 179 Å². The van der Waals surface area contributed by atoms with Gasteiger partial charge in [0.2, 0.25) is 5.91 Å². The van der Waals surface area contributed by atoms with E-state index in [4.69, 9.17) is 0 Å². The highest BCUT2D eigenvalue weighted by Crippen LogP contribution is 2.37. The summed E-state index contributed by atoms with van der Waals surface area (Å²) < 4.78 is 51.2. The number of aromatic nitrogens is 3. The van der Waals surface area contributed by atoms with Crippen LogP contribution in [0.3, 0.4) is 0 Å². The van der Waals surface area contributed by atoms with Crippen LogP contribution in [0.15, 0.2) is 12.3 Å². The molecule has 2 unspecified atom stereocenters. The van der Waals surface area contributed by atoms with Gasteiger partial charge >= 0.3 is 6.18 Å². The lowest BCUT2D eigenvalue weighted by atomic mass is 9.84.